The highest BCUT2D eigenvalue weighted by Gasteiger charge is 2.42. The average molecular weight is 275 g/mol. The summed E-state index contributed by atoms with van der Waals surface area (Å²) < 4.78 is 12.1. The molecule has 5 heteroatoms. The number of carboxylic acids is 1. The number of aliphatic carboxylic acids is 1. The SMILES string of the molecule is O=C(O)C1(Cc2ccc(F)cc2Cl)CCCS1. The van der Waals surface area contributed by atoms with Crippen molar-refractivity contribution in [3.05, 3.63) is 34.6 Å². The van der Waals surface area contributed by atoms with Crippen molar-refractivity contribution < 1.29 is 14.3 Å². The van der Waals surface area contributed by atoms with Gasteiger partial charge in [0.25, 0.3) is 0 Å². The van der Waals surface area contributed by atoms with Crippen molar-refractivity contribution in [2.45, 2.75) is 24.0 Å². The Balaban J connectivity index is 2.26. The molecule has 0 aliphatic carbocycles. The average Bonchev–Trinajstić information content (AvgIpc) is 2.72. The van der Waals surface area contributed by atoms with Gasteiger partial charge in [-0.3, -0.25) is 4.79 Å². The first-order chi connectivity index (χ1) is 8.03. The highest BCUT2D eigenvalue weighted by molar-refractivity contribution is 8.01. The Kier molecular flexibility index (Phi) is 3.64. The molecule has 1 aromatic rings. The van der Waals surface area contributed by atoms with E-state index in [9.17, 15) is 14.3 Å². The van der Waals surface area contributed by atoms with Gasteiger partial charge in [-0.2, -0.15) is 0 Å². The Hall–Kier alpha value is -0.740. The molecule has 0 aromatic heterocycles. The van der Waals surface area contributed by atoms with E-state index in [2.05, 4.69) is 0 Å². The lowest BCUT2D eigenvalue weighted by Crippen LogP contribution is -2.34. The first-order valence-corrected chi connectivity index (χ1v) is 6.71. The zero-order valence-electron chi connectivity index (χ0n) is 9.08. The summed E-state index contributed by atoms with van der Waals surface area (Å²) in [6.07, 6.45) is 1.89. The summed E-state index contributed by atoms with van der Waals surface area (Å²) in [6.45, 7) is 0. The van der Waals surface area contributed by atoms with Gasteiger partial charge in [-0.1, -0.05) is 17.7 Å². The van der Waals surface area contributed by atoms with Crippen LogP contribution in [0.15, 0.2) is 18.2 Å². The van der Waals surface area contributed by atoms with Gasteiger partial charge < -0.3 is 5.11 Å². The fraction of sp³-hybridized carbons (Fsp3) is 0.417. The molecule has 92 valence electrons. The zero-order valence-corrected chi connectivity index (χ0v) is 10.7. The van der Waals surface area contributed by atoms with Gasteiger partial charge in [0, 0.05) is 5.02 Å². The van der Waals surface area contributed by atoms with Gasteiger partial charge >= 0.3 is 5.97 Å². The van der Waals surface area contributed by atoms with E-state index in [-0.39, 0.29) is 0 Å². The lowest BCUT2D eigenvalue weighted by Gasteiger charge is -2.23. The molecule has 1 aliphatic heterocycles. The molecule has 1 atom stereocenters. The lowest BCUT2D eigenvalue weighted by molar-refractivity contribution is -0.139. The van der Waals surface area contributed by atoms with Gasteiger partial charge in [0.2, 0.25) is 0 Å². The molecule has 1 N–H and O–H groups in total. The van der Waals surface area contributed by atoms with E-state index in [1.165, 1.54) is 23.9 Å². The Morgan fingerprint density at radius 1 is 1.59 bits per heavy atom. The second kappa shape index (κ2) is 4.86. The minimum atomic E-state index is -0.805. The van der Waals surface area contributed by atoms with Crippen LogP contribution in [0.25, 0.3) is 0 Å². The summed E-state index contributed by atoms with van der Waals surface area (Å²) in [5.74, 6) is -0.354. The minimum absolute atomic E-state index is 0.304. The van der Waals surface area contributed by atoms with E-state index in [0.29, 0.717) is 23.4 Å². The third-order valence-corrected chi connectivity index (χ3v) is 4.90. The van der Waals surface area contributed by atoms with Crippen molar-refractivity contribution in [1.82, 2.24) is 0 Å². The maximum atomic E-state index is 12.9. The molecule has 1 aliphatic rings. The van der Waals surface area contributed by atoms with Crippen LogP contribution in [0.3, 0.4) is 0 Å². The van der Waals surface area contributed by atoms with E-state index < -0.39 is 16.5 Å². The van der Waals surface area contributed by atoms with Gasteiger partial charge in [-0.25, -0.2) is 4.39 Å². The number of rotatable bonds is 3. The molecule has 0 saturated carbocycles. The van der Waals surface area contributed by atoms with Crippen LogP contribution in [0.2, 0.25) is 5.02 Å². The largest absolute Gasteiger partial charge is 0.480 e. The molecule has 17 heavy (non-hydrogen) atoms. The fourth-order valence-corrected chi connectivity index (χ4v) is 3.64. The summed E-state index contributed by atoms with van der Waals surface area (Å²) >= 11 is 7.39. The quantitative estimate of drug-likeness (QED) is 0.918. The fourth-order valence-electron chi connectivity index (χ4n) is 2.05. The topological polar surface area (TPSA) is 37.3 Å². The van der Waals surface area contributed by atoms with Gasteiger partial charge in [-0.15, -0.1) is 11.8 Å². The van der Waals surface area contributed by atoms with Crippen molar-refractivity contribution in [1.29, 1.82) is 0 Å². The van der Waals surface area contributed by atoms with E-state index in [1.807, 2.05) is 0 Å². The third kappa shape index (κ3) is 2.58. The van der Waals surface area contributed by atoms with E-state index >= 15 is 0 Å². The Bertz CT molecular complexity index is 444. The monoisotopic (exact) mass is 274 g/mol. The van der Waals surface area contributed by atoms with Crippen molar-refractivity contribution in [3.63, 3.8) is 0 Å². The molecule has 1 heterocycles. The lowest BCUT2D eigenvalue weighted by atomic mass is 9.94. The van der Waals surface area contributed by atoms with Crippen molar-refractivity contribution in [2.75, 3.05) is 5.75 Å². The van der Waals surface area contributed by atoms with Crippen molar-refractivity contribution in [3.8, 4) is 0 Å². The van der Waals surface area contributed by atoms with Crippen LogP contribution in [0.4, 0.5) is 4.39 Å². The van der Waals surface area contributed by atoms with Crippen LogP contribution >= 0.6 is 23.4 Å². The normalized spacial score (nSPS) is 23.9. The number of carboxylic acid groups (broad SMARTS) is 1. The summed E-state index contributed by atoms with van der Waals surface area (Å²) in [5.41, 5.74) is 0.699. The Labute approximate surface area is 108 Å². The summed E-state index contributed by atoms with van der Waals surface area (Å²) in [6, 6.07) is 4.11. The van der Waals surface area contributed by atoms with Gasteiger partial charge in [0.1, 0.15) is 10.6 Å². The van der Waals surface area contributed by atoms with Crippen LogP contribution in [0.1, 0.15) is 18.4 Å². The van der Waals surface area contributed by atoms with Crippen molar-refractivity contribution in [2.24, 2.45) is 0 Å². The smallest absolute Gasteiger partial charge is 0.320 e. The molecule has 1 fully saturated rings. The number of carbonyl (C=O) groups is 1. The van der Waals surface area contributed by atoms with Gasteiger partial charge in [0.15, 0.2) is 0 Å². The maximum Gasteiger partial charge on any atom is 0.320 e. The first-order valence-electron chi connectivity index (χ1n) is 5.35. The molecule has 0 radical (unpaired) electrons. The first kappa shape index (κ1) is 12.7. The maximum absolute atomic E-state index is 12.9. The molecule has 1 unspecified atom stereocenters. The molecule has 2 rings (SSSR count). The van der Waals surface area contributed by atoms with Crippen LogP contribution in [-0.4, -0.2) is 21.6 Å². The molecule has 1 aromatic carbocycles. The molecular formula is C12H12ClFO2S. The zero-order chi connectivity index (χ0) is 12.5. The second-order valence-corrected chi connectivity index (χ2v) is 6.05. The molecule has 0 spiro atoms. The number of halogens is 2. The van der Waals surface area contributed by atoms with E-state index in [1.54, 1.807) is 6.07 Å². The minimum Gasteiger partial charge on any atom is -0.480 e. The van der Waals surface area contributed by atoms with Crippen LogP contribution in [0, 0.1) is 5.82 Å². The molecular weight excluding hydrogens is 263 g/mol. The third-order valence-electron chi connectivity index (χ3n) is 2.98. The number of hydrogen-bond acceptors (Lipinski definition) is 2. The van der Waals surface area contributed by atoms with E-state index in [4.69, 9.17) is 11.6 Å². The Morgan fingerprint density at radius 2 is 2.35 bits per heavy atom. The summed E-state index contributed by atoms with van der Waals surface area (Å²) in [7, 11) is 0. The molecule has 0 bridgehead atoms. The number of benzene rings is 1. The van der Waals surface area contributed by atoms with Crippen LogP contribution in [0.5, 0.6) is 0 Å². The highest BCUT2D eigenvalue weighted by Crippen LogP contribution is 2.42. The van der Waals surface area contributed by atoms with Gasteiger partial charge in [-0.05, 0) is 42.7 Å². The second-order valence-electron chi connectivity index (χ2n) is 4.16. The number of hydrogen-bond donors (Lipinski definition) is 1. The Morgan fingerprint density at radius 3 is 2.88 bits per heavy atom. The van der Waals surface area contributed by atoms with E-state index in [0.717, 1.165) is 12.2 Å². The highest BCUT2D eigenvalue weighted by atomic mass is 35.5. The van der Waals surface area contributed by atoms with Crippen LogP contribution in [-0.2, 0) is 11.2 Å². The standard InChI is InChI=1S/C12H12ClFO2S/c13-10-6-9(14)3-2-8(10)7-12(11(15)16)4-1-5-17-12/h2-3,6H,1,4-5,7H2,(H,15,16). The molecule has 1 saturated heterocycles. The molecule has 2 nitrogen and oxygen atoms in total. The van der Waals surface area contributed by atoms with Crippen LogP contribution < -0.4 is 0 Å². The predicted octanol–water partition coefficient (Wildman–Crippen LogP) is 3.37. The summed E-state index contributed by atoms with van der Waals surface area (Å²) in [5, 5.41) is 9.64. The molecule has 0 amide bonds. The summed E-state index contributed by atoms with van der Waals surface area (Å²) in [4.78, 5) is 11.4. The van der Waals surface area contributed by atoms with Gasteiger partial charge in [0.05, 0.1) is 0 Å². The predicted molar refractivity (Wildman–Crippen MR) is 67.2 cm³/mol. The van der Waals surface area contributed by atoms with Crippen molar-refractivity contribution >= 4 is 29.3 Å². The number of thioether (sulfide) groups is 1.